The van der Waals surface area contributed by atoms with E-state index in [1.807, 2.05) is 13.0 Å². The van der Waals surface area contributed by atoms with Gasteiger partial charge in [-0.25, -0.2) is 4.98 Å². The zero-order chi connectivity index (χ0) is 19.0. The number of hydrogen-bond donors (Lipinski definition) is 1. The second-order valence-electron chi connectivity index (χ2n) is 7.54. The van der Waals surface area contributed by atoms with Crippen LogP contribution < -0.4 is 10.1 Å². The lowest BCUT2D eigenvalue weighted by Gasteiger charge is -2.34. The maximum atomic E-state index is 13.0. The van der Waals surface area contributed by atoms with Gasteiger partial charge in [0.1, 0.15) is 5.60 Å². The molecule has 0 fully saturated rings. The van der Waals surface area contributed by atoms with E-state index in [2.05, 4.69) is 44.9 Å². The highest BCUT2D eigenvalue weighted by Crippen LogP contribution is 2.30. The normalized spacial score (nSPS) is 11.9. The lowest BCUT2D eigenvalue weighted by Crippen LogP contribution is -2.47. The molecule has 0 aliphatic carbocycles. The Labute approximate surface area is 152 Å². The number of pyridine rings is 1. The molecule has 0 saturated heterocycles. The van der Waals surface area contributed by atoms with E-state index in [-0.39, 0.29) is 5.91 Å². The number of rotatable bonds is 10. The van der Waals surface area contributed by atoms with Crippen LogP contribution >= 0.6 is 0 Å². The Morgan fingerprint density at radius 3 is 2.28 bits per heavy atom. The average Bonchev–Trinajstić information content (AvgIpc) is 2.52. The summed E-state index contributed by atoms with van der Waals surface area (Å²) < 4.78 is 11.3. The number of aryl methyl sites for hydroxylation is 1. The lowest BCUT2D eigenvalue weighted by molar-refractivity contribution is -0.142. The molecule has 0 atom stereocenters. The Bertz CT molecular complexity index is 546. The molecule has 142 valence electrons. The number of nitrogens with one attached hydrogen (secondary N) is 1. The molecular weight excluding hydrogens is 316 g/mol. The summed E-state index contributed by atoms with van der Waals surface area (Å²) in [5, 5.41) is 2.99. The van der Waals surface area contributed by atoms with Crippen LogP contribution in [0.5, 0.6) is 5.88 Å². The van der Waals surface area contributed by atoms with Gasteiger partial charge in [0, 0.05) is 12.7 Å². The van der Waals surface area contributed by atoms with Crippen molar-refractivity contribution in [3.63, 3.8) is 0 Å². The number of nitrogens with zero attached hydrogens (tertiary/aromatic N) is 1. The zero-order valence-electron chi connectivity index (χ0n) is 16.8. The van der Waals surface area contributed by atoms with Crippen molar-refractivity contribution in [2.45, 2.75) is 66.4 Å². The molecule has 5 heteroatoms. The van der Waals surface area contributed by atoms with Crippen molar-refractivity contribution in [1.82, 2.24) is 4.98 Å². The van der Waals surface area contributed by atoms with Crippen molar-refractivity contribution in [2.24, 2.45) is 11.8 Å². The number of amides is 1. The maximum absolute atomic E-state index is 13.0. The molecule has 0 saturated carbocycles. The molecule has 1 heterocycles. The first-order valence-electron chi connectivity index (χ1n) is 9.20. The van der Waals surface area contributed by atoms with Gasteiger partial charge in [0.05, 0.1) is 18.5 Å². The van der Waals surface area contributed by atoms with Gasteiger partial charge in [0.15, 0.2) is 0 Å². The Balaban J connectivity index is 2.97. The summed E-state index contributed by atoms with van der Waals surface area (Å²) in [6.45, 7) is 13.0. The van der Waals surface area contributed by atoms with Gasteiger partial charge in [-0.05, 0) is 44.1 Å². The van der Waals surface area contributed by atoms with Gasteiger partial charge < -0.3 is 14.8 Å². The van der Waals surface area contributed by atoms with Crippen molar-refractivity contribution in [2.75, 3.05) is 19.0 Å². The smallest absolute Gasteiger partial charge is 0.256 e. The number of carbonyl (C=O) groups excluding carboxylic acids is 1. The van der Waals surface area contributed by atoms with Crippen LogP contribution in [0.15, 0.2) is 12.3 Å². The Kier molecular flexibility index (Phi) is 8.36. The monoisotopic (exact) mass is 350 g/mol. The van der Waals surface area contributed by atoms with E-state index in [1.165, 1.54) is 0 Å². The first kappa shape index (κ1) is 21.4. The van der Waals surface area contributed by atoms with E-state index >= 15 is 0 Å². The SMILES string of the molecule is CCCOc1ncc(NC(=O)C(CC(C)C)(CC(C)C)OC)cc1C. The summed E-state index contributed by atoms with van der Waals surface area (Å²) in [5.41, 5.74) is 0.746. The van der Waals surface area contributed by atoms with Crippen molar-refractivity contribution in [3.8, 4) is 5.88 Å². The summed E-state index contributed by atoms with van der Waals surface area (Å²) in [6.07, 6.45) is 3.93. The summed E-state index contributed by atoms with van der Waals surface area (Å²) >= 11 is 0. The highest BCUT2D eigenvalue weighted by atomic mass is 16.5. The molecule has 0 radical (unpaired) electrons. The van der Waals surface area contributed by atoms with E-state index in [9.17, 15) is 4.79 Å². The van der Waals surface area contributed by atoms with E-state index in [0.717, 1.165) is 12.0 Å². The molecule has 0 spiro atoms. The summed E-state index contributed by atoms with van der Waals surface area (Å²) in [4.78, 5) is 17.3. The predicted octanol–water partition coefficient (Wildman–Crippen LogP) is 4.59. The van der Waals surface area contributed by atoms with Crippen LogP contribution in [0.3, 0.4) is 0 Å². The second-order valence-corrected chi connectivity index (χ2v) is 7.54. The summed E-state index contributed by atoms with van der Waals surface area (Å²) in [5.74, 6) is 1.21. The molecule has 1 N–H and O–H groups in total. The Hall–Kier alpha value is -1.62. The largest absolute Gasteiger partial charge is 0.477 e. The fraction of sp³-hybridized carbons (Fsp3) is 0.700. The van der Waals surface area contributed by atoms with Crippen molar-refractivity contribution in [3.05, 3.63) is 17.8 Å². The van der Waals surface area contributed by atoms with Gasteiger partial charge in [0.25, 0.3) is 5.91 Å². The topological polar surface area (TPSA) is 60.5 Å². The summed E-state index contributed by atoms with van der Waals surface area (Å²) in [7, 11) is 1.62. The van der Waals surface area contributed by atoms with E-state index in [0.29, 0.717) is 42.9 Å². The van der Waals surface area contributed by atoms with Gasteiger partial charge in [-0.1, -0.05) is 34.6 Å². The van der Waals surface area contributed by atoms with Crippen LogP contribution in [0.25, 0.3) is 0 Å². The highest BCUT2D eigenvalue weighted by Gasteiger charge is 2.39. The van der Waals surface area contributed by atoms with Crippen molar-refractivity contribution in [1.29, 1.82) is 0 Å². The first-order valence-corrected chi connectivity index (χ1v) is 9.20. The first-order chi connectivity index (χ1) is 11.7. The molecule has 25 heavy (non-hydrogen) atoms. The number of aromatic nitrogens is 1. The number of ether oxygens (including phenoxy) is 2. The second kappa shape index (κ2) is 9.76. The minimum absolute atomic E-state index is 0.110. The third-order valence-corrected chi connectivity index (χ3v) is 4.01. The van der Waals surface area contributed by atoms with E-state index in [4.69, 9.17) is 9.47 Å². The molecule has 0 unspecified atom stereocenters. The quantitative estimate of drug-likeness (QED) is 0.670. The Morgan fingerprint density at radius 1 is 1.24 bits per heavy atom. The fourth-order valence-corrected chi connectivity index (χ4v) is 3.07. The molecule has 0 bridgehead atoms. The van der Waals surface area contributed by atoms with Crippen LogP contribution in [0.1, 0.15) is 59.4 Å². The van der Waals surface area contributed by atoms with Crippen LogP contribution in [-0.2, 0) is 9.53 Å². The molecule has 0 aromatic carbocycles. The third-order valence-electron chi connectivity index (χ3n) is 4.01. The standard InChI is InChI=1S/C20H34N2O3/c1-8-9-25-18-16(6)10-17(13-21-18)22-19(23)20(24-7,11-14(2)3)12-15(4)5/h10,13-15H,8-9,11-12H2,1-7H3,(H,22,23). The summed E-state index contributed by atoms with van der Waals surface area (Å²) in [6, 6.07) is 1.89. The van der Waals surface area contributed by atoms with Gasteiger partial charge in [-0.3, -0.25) is 4.79 Å². The Morgan fingerprint density at radius 2 is 1.84 bits per heavy atom. The van der Waals surface area contributed by atoms with Crippen LogP contribution in [0.2, 0.25) is 0 Å². The molecular formula is C20H34N2O3. The molecule has 1 aromatic rings. The number of anilines is 1. The van der Waals surface area contributed by atoms with Crippen LogP contribution in [0.4, 0.5) is 5.69 Å². The number of methoxy groups -OCH3 is 1. The molecule has 5 nitrogen and oxygen atoms in total. The van der Waals surface area contributed by atoms with Gasteiger partial charge in [0.2, 0.25) is 5.88 Å². The minimum Gasteiger partial charge on any atom is -0.477 e. The van der Waals surface area contributed by atoms with Crippen LogP contribution in [-0.4, -0.2) is 30.2 Å². The average molecular weight is 351 g/mol. The van der Waals surface area contributed by atoms with E-state index < -0.39 is 5.60 Å². The zero-order valence-corrected chi connectivity index (χ0v) is 16.8. The number of hydrogen-bond acceptors (Lipinski definition) is 4. The van der Waals surface area contributed by atoms with Crippen molar-refractivity contribution >= 4 is 11.6 Å². The number of carbonyl (C=O) groups is 1. The van der Waals surface area contributed by atoms with Gasteiger partial charge in [-0.2, -0.15) is 0 Å². The molecule has 0 aliphatic rings. The molecule has 0 aliphatic heterocycles. The molecule has 1 rings (SSSR count). The third kappa shape index (κ3) is 6.31. The van der Waals surface area contributed by atoms with Crippen LogP contribution in [0, 0.1) is 18.8 Å². The van der Waals surface area contributed by atoms with Gasteiger partial charge >= 0.3 is 0 Å². The van der Waals surface area contributed by atoms with Crippen molar-refractivity contribution < 1.29 is 14.3 Å². The fourth-order valence-electron chi connectivity index (χ4n) is 3.07. The van der Waals surface area contributed by atoms with Gasteiger partial charge in [-0.15, -0.1) is 0 Å². The lowest BCUT2D eigenvalue weighted by atomic mass is 9.84. The molecule has 1 amide bonds. The van der Waals surface area contributed by atoms with E-state index in [1.54, 1.807) is 13.3 Å². The predicted molar refractivity (Wildman–Crippen MR) is 102 cm³/mol. The maximum Gasteiger partial charge on any atom is 0.256 e. The molecule has 1 aromatic heterocycles. The minimum atomic E-state index is -0.826. The highest BCUT2D eigenvalue weighted by molar-refractivity contribution is 5.97.